The summed E-state index contributed by atoms with van der Waals surface area (Å²) in [5.74, 6) is -2.01. The van der Waals surface area contributed by atoms with Crippen LogP contribution in [0, 0.1) is 0 Å². The molecule has 0 fully saturated rings. The first-order valence-electron chi connectivity index (χ1n) is 13.7. The Balaban J connectivity index is 1.58. The molecule has 4 aromatic rings. The summed E-state index contributed by atoms with van der Waals surface area (Å²) in [5.41, 5.74) is 3.58. The fraction of sp³-hybridized carbons (Fsp3) is 0.212. The maximum Gasteiger partial charge on any atom is 0.573 e. The van der Waals surface area contributed by atoms with Crippen LogP contribution < -0.4 is 20.1 Å². The van der Waals surface area contributed by atoms with Crippen LogP contribution in [0.3, 0.4) is 0 Å². The second kappa shape index (κ2) is 14.3. The lowest BCUT2D eigenvalue weighted by molar-refractivity contribution is -0.274. The molecule has 3 N–H and O–H groups in total. The molecule has 224 valence electrons. The number of rotatable bonds is 13. The number of nitrogens with one attached hydrogen (secondary N) is 2. The Morgan fingerprint density at radius 2 is 1.51 bits per heavy atom. The van der Waals surface area contributed by atoms with Gasteiger partial charge in [0.2, 0.25) is 0 Å². The van der Waals surface area contributed by atoms with E-state index in [2.05, 4.69) is 22.3 Å². The molecule has 0 saturated carbocycles. The molecule has 0 saturated heterocycles. The molecule has 0 aliphatic rings. The number of amides is 1. The minimum atomic E-state index is -4.85. The summed E-state index contributed by atoms with van der Waals surface area (Å²) >= 11 is 0. The number of anilines is 3. The summed E-state index contributed by atoms with van der Waals surface area (Å²) in [6.07, 6.45) is -2.80. The lowest BCUT2D eigenvalue weighted by atomic mass is 10.1. The third kappa shape index (κ3) is 9.53. The number of carbonyl (C=O) groups excluding carboxylic acids is 1. The van der Waals surface area contributed by atoms with Crippen molar-refractivity contribution in [2.45, 2.75) is 45.1 Å². The maximum atomic E-state index is 13.1. The zero-order valence-electron chi connectivity index (χ0n) is 23.4. The van der Waals surface area contributed by atoms with Crippen LogP contribution in [0.15, 0.2) is 97.1 Å². The van der Waals surface area contributed by atoms with Crippen molar-refractivity contribution in [3.63, 3.8) is 0 Å². The van der Waals surface area contributed by atoms with E-state index < -0.39 is 30.1 Å². The number of benzene rings is 4. The summed E-state index contributed by atoms with van der Waals surface area (Å²) in [5, 5.41) is 15.8. The van der Waals surface area contributed by atoms with E-state index in [1.54, 1.807) is 36.4 Å². The molecule has 4 rings (SSSR count). The Morgan fingerprint density at radius 1 is 0.837 bits per heavy atom. The van der Waals surface area contributed by atoms with E-state index in [0.29, 0.717) is 5.69 Å². The Kier molecular flexibility index (Phi) is 10.3. The fourth-order valence-electron chi connectivity index (χ4n) is 4.27. The Labute approximate surface area is 247 Å². The number of hydrogen-bond acceptors (Lipinski definition) is 5. The van der Waals surface area contributed by atoms with Gasteiger partial charge in [-0.15, -0.1) is 13.2 Å². The van der Waals surface area contributed by atoms with Crippen molar-refractivity contribution in [1.82, 2.24) is 0 Å². The second-order valence-electron chi connectivity index (χ2n) is 9.79. The Hall–Kier alpha value is -4.99. The van der Waals surface area contributed by atoms with Crippen LogP contribution >= 0.6 is 0 Å². The SMILES string of the molecule is CCCCc1ccc(Nc2ccc(OC(Cc3ccccc3)C(=O)O)cc2NC(=O)c2ccc(OC(F)(F)F)cc2)cc1. The van der Waals surface area contributed by atoms with Gasteiger partial charge in [0.25, 0.3) is 5.91 Å². The second-order valence-corrected chi connectivity index (χ2v) is 9.79. The van der Waals surface area contributed by atoms with Crippen LogP contribution in [0.25, 0.3) is 0 Å². The molecule has 1 unspecified atom stereocenters. The zero-order chi connectivity index (χ0) is 30.8. The first kappa shape index (κ1) is 31.0. The van der Waals surface area contributed by atoms with Gasteiger partial charge in [-0.1, -0.05) is 55.8 Å². The summed E-state index contributed by atoms with van der Waals surface area (Å²) in [6.45, 7) is 2.13. The average Bonchev–Trinajstić information content (AvgIpc) is 2.97. The largest absolute Gasteiger partial charge is 0.573 e. The highest BCUT2D eigenvalue weighted by Crippen LogP contribution is 2.32. The third-order valence-electron chi connectivity index (χ3n) is 6.46. The van der Waals surface area contributed by atoms with Gasteiger partial charge in [0.05, 0.1) is 11.4 Å². The minimum Gasteiger partial charge on any atom is -0.478 e. The minimum absolute atomic E-state index is 0.0829. The lowest BCUT2D eigenvalue weighted by Crippen LogP contribution is -2.29. The molecule has 1 amide bonds. The number of alkyl halides is 3. The van der Waals surface area contributed by atoms with Gasteiger partial charge in [-0.05, 0) is 72.5 Å². The van der Waals surface area contributed by atoms with Crippen molar-refractivity contribution >= 4 is 28.9 Å². The predicted octanol–water partition coefficient (Wildman–Crippen LogP) is 8.00. The van der Waals surface area contributed by atoms with E-state index in [0.717, 1.165) is 42.6 Å². The van der Waals surface area contributed by atoms with E-state index >= 15 is 0 Å². The topological polar surface area (TPSA) is 96.9 Å². The molecule has 0 radical (unpaired) electrons. The summed E-state index contributed by atoms with van der Waals surface area (Å²) < 4.78 is 47.3. The van der Waals surface area contributed by atoms with E-state index in [-0.39, 0.29) is 23.4 Å². The Bertz CT molecular complexity index is 1510. The van der Waals surface area contributed by atoms with Gasteiger partial charge in [0.15, 0.2) is 6.10 Å². The van der Waals surface area contributed by atoms with Gasteiger partial charge < -0.3 is 25.2 Å². The highest BCUT2D eigenvalue weighted by atomic mass is 19.4. The first-order valence-corrected chi connectivity index (χ1v) is 13.7. The van der Waals surface area contributed by atoms with Gasteiger partial charge in [0.1, 0.15) is 11.5 Å². The third-order valence-corrected chi connectivity index (χ3v) is 6.46. The molecule has 0 aliphatic heterocycles. The van der Waals surface area contributed by atoms with Crippen molar-refractivity contribution in [3.05, 3.63) is 114 Å². The number of carboxylic acid groups (broad SMARTS) is 1. The Morgan fingerprint density at radius 3 is 2.14 bits per heavy atom. The van der Waals surface area contributed by atoms with Crippen LogP contribution in [0.4, 0.5) is 30.2 Å². The van der Waals surface area contributed by atoms with E-state index in [1.807, 2.05) is 30.3 Å². The predicted molar refractivity (Wildman–Crippen MR) is 158 cm³/mol. The quantitative estimate of drug-likeness (QED) is 0.146. The van der Waals surface area contributed by atoms with Crippen molar-refractivity contribution in [2.75, 3.05) is 10.6 Å². The summed E-state index contributed by atoms with van der Waals surface area (Å²) in [6, 6.07) is 26.2. The van der Waals surface area contributed by atoms with Crippen LogP contribution in [0.5, 0.6) is 11.5 Å². The van der Waals surface area contributed by atoms with E-state index in [9.17, 15) is 27.9 Å². The van der Waals surface area contributed by atoms with Crippen LogP contribution in [-0.2, 0) is 17.6 Å². The maximum absolute atomic E-state index is 13.1. The average molecular weight is 593 g/mol. The van der Waals surface area contributed by atoms with Crippen LogP contribution in [0.1, 0.15) is 41.3 Å². The molecule has 0 aliphatic carbocycles. The standard InChI is InChI=1S/C33H31F3N2O5/c1-2-3-7-22-10-14-25(15-11-22)37-28-19-18-27(42-30(32(40)41)20-23-8-5-4-6-9-23)21-29(28)38-31(39)24-12-16-26(17-13-24)43-33(34,35)36/h4-6,8-19,21,30,37H,2-3,7,20H2,1H3,(H,38,39)(H,40,41). The van der Waals surface area contributed by atoms with Crippen molar-refractivity contribution < 1.29 is 37.3 Å². The molecular formula is C33H31F3N2O5. The number of carbonyl (C=O) groups is 2. The molecule has 43 heavy (non-hydrogen) atoms. The summed E-state index contributed by atoms with van der Waals surface area (Å²) in [7, 11) is 0. The highest BCUT2D eigenvalue weighted by Gasteiger charge is 2.31. The summed E-state index contributed by atoms with van der Waals surface area (Å²) in [4.78, 5) is 25.1. The lowest BCUT2D eigenvalue weighted by Gasteiger charge is -2.19. The monoisotopic (exact) mass is 592 g/mol. The molecule has 0 spiro atoms. The van der Waals surface area contributed by atoms with Crippen molar-refractivity contribution in [3.8, 4) is 11.5 Å². The molecule has 7 nitrogen and oxygen atoms in total. The number of hydrogen-bond donors (Lipinski definition) is 3. The molecule has 1 atom stereocenters. The number of carboxylic acids is 1. The van der Waals surface area contributed by atoms with Crippen molar-refractivity contribution in [2.24, 2.45) is 0 Å². The highest BCUT2D eigenvalue weighted by molar-refractivity contribution is 6.06. The van der Waals surface area contributed by atoms with Crippen molar-refractivity contribution in [1.29, 1.82) is 0 Å². The molecule has 0 aromatic heterocycles. The van der Waals surface area contributed by atoms with Gasteiger partial charge >= 0.3 is 12.3 Å². The molecule has 10 heteroatoms. The molecule has 0 heterocycles. The van der Waals surface area contributed by atoms with Gasteiger partial charge in [-0.25, -0.2) is 4.79 Å². The smallest absolute Gasteiger partial charge is 0.478 e. The number of unbranched alkanes of at least 4 members (excludes halogenated alkanes) is 1. The van der Waals surface area contributed by atoms with E-state index in [1.165, 1.54) is 23.8 Å². The van der Waals surface area contributed by atoms with Crippen LogP contribution in [-0.4, -0.2) is 29.4 Å². The van der Waals surface area contributed by atoms with E-state index in [4.69, 9.17) is 4.74 Å². The number of aryl methyl sites for hydroxylation is 1. The first-order chi connectivity index (χ1) is 20.6. The number of aliphatic carboxylic acids is 1. The van der Waals surface area contributed by atoms with Crippen LogP contribution in [0.2, 0.25) is 0 Å². The number of ether oxygens (including phenoxy) is 2. The zero-order valence-corrected chi connectivity index (χ0v) is 23.4. The molecular weight excluding hydrogens is 561 g/mol. The fourth-order valence-corrected chi connectivity index (χ4v) is 4.27. The molecule has 0 bridgehead atoms. The van der Waals surface area contributed by atoms with Gasteiger partial charge in [-0.2, -0.15) is 0 Å². The van der Waals surface area contributed by atoms with Gasteiger partial charge in [0, 0.05) is 23.7 Å². The van der Waals surface area contributed by atoms with Gasteiger partial charge in [-0.3, -0.25) is 4.79 Å². The normalized spacial score (nSPS) is 11.8. The molecule has 4 aromatic carbocycles. The number of halogens is 3.